The van der Waals surface area contributed by atoms with Crippen molar-refractivity contribution in [3.05, 3.63) is 23.8 Å². The number of nitrogens with zero attached hydrogens (tertiary/aromatic N) is 1. The van der Waals surface area contributed by atoms with Crippen LogP contribution in [0.1, 0.15) is 26.3 Å². The second-order valence-electron chi connectivity index (χ2n) is 4.32. The van der Waals surface area contributed by atoms with E-state index >= 15 is 0 Å². The van der Waals surface area contributed by atoms with E-state index < -0.39 is 10.0 Å². The molecule has 20 heavy (non-hydrogen) atoms. The van der Waals surface area contributed by atoms with Crippen molar-refractivity contribution in [3.63, 3.8) is 0 Å². The molecule has 0 radical (unpaired) electrons. The molecule has 1 aromatic carbocycles. The Kier molecular flexibility index (Phi) is 6.45. The molecule has 114 valence electrons. The van der Waals surface area contributed by atoms with Gasteiger partial charge in [0.2, 0.25) is 10.0 Å². The third kappa shape index (κ3) is 3.71. The van der Waals surface area contributed by atoms with E-state index in [4.69, 9.17) is 4.74 Å². The first-order valence-electron chi connectivity index (χ1n) is 6.91. The molecule has 1 N–H and O–H groups in total. The molecule has 6 heteroatoms. The maximum atomic E-state index is 12.5. The summed E-state index contributed by atoms with van der Waals surface area (Å²) in [5.41, 5.74) is 0.850. The van der Waals surface area contributed by atoms with Crippen molar-refractivity contribution >= 4 is 10.0 Å². The molecule has 0 aliphatic carbocycles. The summed E-state index contributed by atoms with van der Waals surface area (Å²) in [5, 5.41) is 3.03. The van der Waals surface area contributed by atoms with E-state index in [0.29, 0.717) is 31.1 Å². The maximum absolute atomic E-state index is 12.5. The van der Waals surface area contributed by atoms with Crippen LogP contribution in [0.5, 0.6) is 5.75 Å². The van der Waals surface area contributed by atoms with Crippen molar-refractivity contribution in [2.24, 2.45) is 0 Å². The van der Waals surface area contributed by atoms with Crippen LogP contribution < -0.4 is 10.1 Å². The summed E-state index contributed by atoms with van der Waals surface area (Å²) in [7, 11) is -1.60. The number of nitrogens with one attached hydrogen (secondary N) is 1. The minimum absolute atomic E-state index is 0.315. The SMILES string of the molecule is CCOc1ccc(S(=O)(=O)N(CC)CC)cc1CNC. The van der Waals surface area contributed by atoms with Crippen molar-refractivity contribution < 1.29 is 13.2 Å². The molecule has 0 saturated heterocycles. The number of benzene rings is 1. The molecule has 0 bridgehead atoms. The highest BCUT2D eigenvalue weighted by atomic mass is 32.2. The van der Waals surface area contributed by atoms with Crippen molar-refractivity contribution in [2.45, 2.75) is 32.2 Å². The summed E-state index contributed by atoms with van der Waals surface area (Å²) in [6.07, 6.45) is 0. The van der Waals surface area contributed by atoms with Crippen molar-refractivity contribution in [1.82, 2.24) is 9.62 Å². The third-order valence-electron chi connectivity index (χ3n) is 3.04. The molecule has 1 aromatic rings. The zero-order valence-electron chi connectivity index (χ0n) is 12.6. The van der Waals surface area contributed by atoms with Gasteiger partial charge in [0.25, 0.3) is 0 Å². The van der Waals surface area contributed by atoms with Crippen LogP contribution in [-0.4, -0.2) is 39.5 Å². The topological polar surface area (TPSA) is 58.6 Å². The van der Waals surface area contributed by atoms with Gasteiger partial charge < -0.3 is 10.1 Å². The first kappa shape index (κ1) is 16.9. The van der Waals surface area contributed by atoms with Crippen LogP contribution >= 0.6 is 0 Å². The van der Waals surface area contributed by atoms with Crippen LogP contribution in [0.3, 0.4) is 0 Å². The fraction of sp³-hybridized carbons (Fsp3) is 0.571. The quantitative estimate of drug-likeness (QED) is 0.796. The molecule has 0 atom stereocenters. The number of hydrogen-bond acceptors (Lipinski definition) is 4. The van der Waals surface area contributed by atoms with Gasteiger partial charge in [-0.3, -0.25) is 0 Å². The van der Waals surface area contributed by atoms with Crippen LogP contribution in [0.15, 0.2) is 23.1 Å². The van der Waals surface area contributed by atoms with Crippen molar-refractivity contribution in [3.8, 4) is 5.75 Å². The van der Waals surface area contributed by atoms with Gasteiger partial charge in [0.15, 0.2) is 0 Å². The number of rotatable bonds is 8. The molecule has 0 saturated carbocycles. The summed E-state index contributed by atoms with van der Waals surface area (Å²) in [6, 6.07) is 5.03. The normalized spacial score (nSPS) is 11.8. The van der Waals surface area contributed by atoms with E-state index in [1.165, 1.54) is 4.31 Å². The predicted molar refractivity (Wildman–Crippen MR) is 80.5 cm³/mol. The van der Waals surface area contributed by atoms with E-state index in [9.17, 15) is 8.42 Å². The molecule has 0 aliphatic heterocycles. The molecule has 0 fully saturated rings. The van der Waals surface area contributed by atoms with Crippen LogP contribution in [0.4, 0.5) is 0 Å². The Morgan fingerprint density at radius 2 is 1.85 bits per heavy atom. The summed E-state index contributed by atoms with van der Waals surface area (Å²) in [5.74, 6) is 0.723. The zero-order valence-corrected chi connectivity index (χ0v) is 13.5. The molecule has 0 heterocycles. The second-order valence-corrected chi connectivity index (χ2v) is 6.26. The summed E-state index contributed by atoms with van der Waals surface area (Å²) in [4.78, 5) is 0.315. The van der Waals surface area contributed by atoms with E-state index in [0.717, 1.165) is 11.3 Å². The van der Waals surface area contributed by atoms with E-state index in [-0.39, 0.29) is 0 Å². The van der Waals surface area contributed by atoms with Gasteiger partial charge in [-0.2, -0.15) is 4.31 Å². The fourth-order valence-corrected chi connectivity index (χ4v) is 3.56. The van der Waals surface area contributed by atoms with E-state index in [1.54, 1.807) is 18.2 Å². The van der Waals surface area contributed by atoms with Crippen molar-refractivity contribution in [2.75, 3.05) is 26.7 Å². The molecular weight excluding hydrogens is 276 g/mol. The average molecular weight is 300 g/mol. The molecule has 5 nitrogen and oxygen atoms in total. The molecule has 0 unspecified atom stereocenters. The molecule has 0 amide bonds. The average Bonchev–Trinajstić information content (AvgIpc) is 2.42. The van der Waals surface area contributed by atoms with Gasteiger partial charge in [-0.05, 0) is 32.2 Å². The van der Waals surface area contributed by atoms with Gasteiger partial charge >= 0.3 is 0 Å². The Hall–Kier alpha value is -1.11. The maximum Gasteiger partial charge on any atom is 0.243 e. The van der Waals surface area contributed by atoms with Gasteiger partial charge in [-0.15, -0.1) is 0 Å². The van der Waals surface area contributed by atoms with E-state index in [1.807, 2.05) is 27.8 Å². The summed E-state index contributed by atoms with van der Waals surface area (Å²) < 4.78 is 31.9. The molecule has 0 aromatic heterocycles. The standard InChI is InChI=1S/C14H24N2O3S/c1-5-16(6-2)20(17,18)13-8-9-14(19-7-3)12(10-13)11-15-4/h8-10,15H,5-7,11H2,1-4H3. The smallest absolute Gasteiger partial charge is 0.243 e. The first-order chi connectivity index (χ1) is 9.51. The zero-order chi connectivity index (χ0) is 15.2. The van der Waals surface area contributed by atoms with Gasteiger partial charge in [-0.25, -0.2) is 8.42 Å². The summed E-state index contributed by atoms with van der Waals surface area (Å²) >= 11 is 0. The minimum atomic E-state index is -3.42. The lowest BCUT2D eigenvalue weighted by atomic mass is 10.2. The highest BCUT2D eigenvalue weighted by Gasteiger charge is 2.22. The lowest BCUT2D eigenvalue weighted by Gasteiger charge is -2.19. The predicted octanol–water partition coefficient (Wildman–Crippen LogP) is 1.84. The Balaban J connectivity index is 3.23. The van der Waals surface area contributed by atoms with Gasteiger partial charge in [-0.1, -0.05) is 13.8 Å². The van der Waals surface area contributed by atoms with Gasteiger partial charge in [0.1, 0.15) is 5.75 Å². The fourth-order valence-electron chi connectivity index (χ4n) is 2.05. The Bertz CT molecular complexity index is 525. The van der Waals surface area contributed by atoms with Crippen LogP contribution in [0.25, 0.3) is 0 Å². The van der Waals surface area contributed by atoms with Crippen molar-refractivity contribution in [1.29, 1.82) is 0 Å². The number of ether oxygens (including phenoxy) is 1. The Morgan fingerprint density at radius 3 is 2.35 bits per heavy atom. The second kappa shape index (κ2) is 7.61. The van der Waals surface area contributed by atoms with Gasteiger partial charge in [0, 0.05) is 25.2 Å². The Morgan fingerprint density at radius 1 is 1.20 bits per heavy atom. The van der Waals surface area contributed by atoms with E-state index in [2.05, 4.69) is 5.32 Å². The van der Waals surface area contributed by atoms with Gasteiger partial charge in [0.05, 0.1) is 11.5 Å². The Labute approximate surface area is 122 Å². The number of hydrogen-bond donors (Lipinski definition) is 1. The third-order valence-corrected chi connectivity index (χ3v) is 5.09. The lowest BCUT2D eigenvalue weighted by molar-refractivity contribution is 0.335. The molecule has 0 aliphatic rings. The molecule has 1 rings (SSSR count). The highest BCUT2D eigenvalue weighted by molar-refractivity contribution is 7.89. The first-order valence-corrected chi connectivity index (χ1v) is 8.35. The summed E-state index contributed by atoms with van der Waals surface area (Å²) in [6.45, 7) is 7.63. The van der Waals surface area contributed by atoms with Crippen LogP contribution in [0, 0.1) is 0 Å². The highest BCUT2D eigenvalue weighted by Crippen LogP contribution is 2.24. The lowest BCUT2D eigenvalue weighted by Crippen LogP contribution is -2.30. The minimum Gasteiger partial charge on any atom is -0.494 e. The number of sulfonamides is 1. The molecule has 0 spiro atoms. The largest absolute Gasteiger partial charge is 0.494 e. The van der Waals surface area contributed by atoms with Crippen LogP contribution in [0.2, 0.25) is 0 Å². The monoisotopic (exact) mass is 300 g/mol. The van der Waals surface area contributed by atoms with Crippen LogP contribution in [-0.2, 0) is 16.6 Å². The molecular formula is C14H24N2O3S.